The molecule has 0 spiro atoms. The standard InChI is InChI=1S/2C19H14N6O10S.Cr.2Na/c2*1-9-6-11(36(33,34)35)2-3-12(9)20-23-17-16(26)5-4-13(19(17)28)21-22-14-7-10(24(29)30)8-15(18(14)27)25(31)32;;;/h2*2-8,26-28H,1H3,(H,33,34,35);;;/q;;;2*+1/p+1. The van der Waals surface area contributed by atoms with Crippen molar-refractivity contribution in [2.45, 2.75) is 23.6 Å². The van der Waals surface area contributed by atoms with E-state index in [-0.39, 0.29) is 122 Å². The van der Waals surface area contributed by atoms with Crippen LogP contribution in [-0.2, 0) is 37.6 Å². The van der Waals surface area contributed by atoms with Gasteiger partial charge in [-0.25, -0.2) is 0 Å². The van der Waals surface area contributed by atoms with Crippen LogP contribution in [0.4, 0.5) is 68.2 Å². The van der Waals surface area contributed by atoms with Crippen molar-refractivity contribution in [3.8, 4) is 34.5 Å². The minimum Gasteiger partial charge on any atom is -0.505 e. The van der Waals surface area contributed by atoms with Crippen molar-refractivity contribution in [1.82, 2.24) is 0 Å². The summed E-state index contributed by atoms with van der Waals surface area (Å²) in [6.45, 7) is 2.94. The first-order valence-corrected chi connectivity index (χ1v) is 21.7. The van der Waals surface area contributed by atoms with E-state index < -0.39 is 120 Å². The first-order chi connectivity index (χ1) is 33.6. The zero-order valence-corrected chi connectivity index (χ0v) is 45.1. The summed E-state index contributed by atoms with van der Waals surface area (Å²) in [4.78, 5) is 39.4. The molecule has 8 N–H and O–H groups in total. The number of nitrogens with zero attached hydrogens (tertiary/aromatic N) is 12. The molecule has 0 radical (unpaired) electrons. The summed E-state index contributed by atoms with van der Waals surface area (Å²) in [7, 11) is -8.89. The van der Waals surface area contributed by atoms with Gasteiger partial charge in [0.25, 0.3) is 31.6 Å². The van der Waals surface area contributed by atoms with E-state index >= 15 is 0 Å². The fourth-order valence-electron chi connectivity index (χ4n) is 5.52. The first kappa shape index (κ1) is 63.6. The summed E-state index contributed by atoms with van der Waals surface area (Å²) in [5, 5.41) is 135. The average molecular weight is 1140 g/mol. The number of azo groups is 4. The maximum absolute atomic E-state index is 11.2. The predicted molar refractivity (Wildman–Crippen MR) is 242 cm³/mol. The summed E-state index contributed by atoms with van der Waals surface area (Å²) in [5.41, 5.74) is -5.60. The molecule has 6 aromatic carbocycles. The van der Waals surface area contributed by atoms with Gasteiger partial charge in [-0.2, -0.15) is 27.1 Å². The van der Waals surface area contributed by atoms with E-state index in [1.165, 1.54) is 26.0 Å². The number of phenols is 6. The Morgan fingerprint density at radius 3 is 0.987 bits per heavy atom. The van der Waals surface area contributed by atoms with Crippen LogP contribution in [0.25, 0.3) is 0 Å². The molecule has 0 amide bonds. The molecule has 0 atom stereocenters. The Hall–Kier alpha value is -7.53. The van der Waals surface area contributed by atoms with Crippen molar-refractivity contribution >= 4 is 88.5 Å². The van der Waals surface area contributed by atoms with Crippen LogP contribution in [0.1, 0.15) is 12.6 Å². The average Bonchev–Trinajstić information content (AvgIpc) is 3.29. The number of nitro benzene ring substituents is 4. The molecule has 378 valence electrons. The summed E-state index contributed by atoms with van der Waals surface area (Å²) in [6, 6.07) is 13.6. The fraction of sp³-hybridized carbons (Fsp3) is 0.0526. The van der Waals surface area contributed by atoms with E-state index in [1.807, 2.05) is 0 Å². The number of benzene rings is 6. The first-order valence-electron chi connectivity index (χ1n) is 18.8. The van der Waals surface area contributed by atoms with Crippen LogP contribution in [0.5, 0.6) is 34.5 Å². The molecule has 0 aromatic heterocycles. The van der Waals surface area contributed by atoms with E-state index in [2.05, 4.69) is 40.9 Å². The van der Waals surface area contributed by atoms with Gasteiger partial charge in [-0.1, -0.05) is 0 Å². The van der Waals surface area contributed by atoms with E-state index in [1.54, 1.807) is 0 Å². The van der Waals surface area contributed by atoms with Crippen LogP contribution in [0, 0.1) is 54.3 Å². The molecular weight excluding hydrogens is 1110 g/mol. The number of aryl methyl sites for hydroxylation is 2. The van der Waals surface area contributed by atoms with Crippen LogP contribution < -0.4 is 59.1 Å². The van der Waals surface area contributed by atoms with Crippen LogP contribution in [0.3, 0.4) is 0 Å². The van der Waals surface area contributed by atoms with Gasteiger partial charge in [-0.05, 0) is 85.6 Å². The van der Waals surface area contributed by atoms with Crippen molar-refractivity contribution in [2.24, 2.45) is 40.9 Å². The van der Waals surface area contributed by atoms with Gasteiger partial charge in [0, 0.05) is 29.5 Å². The monoisotopic (exact) mass is 1140 g/mol. The maximum Gasteiger partial charge on any atom is 1.00 e. The molecule has 0 heterocycles. The second-order valence-electron chi connectivity index (χ2n) is 13.9. The Morgan fingerprint density at radius 1 is 0.413 bits per heavy atom. The topological polar surface area (TPSA) is 502 Å². The third-order valence-corrected chi connectivity index (χ3v) is 10.8. The second-order valence-corrected chi connectivity index (χ2v) is 16.8. The quantitative estimate of drug-likeness (QED) is 0.0250. The molecule has 32 nitrogen and oxygen atoms in total. The van der Waals surface area contributed by atoms with Gasteiger partial charge in [0.15, 0.2) is 22.9 Å². The number of hydrogen-bond donors (Lipinski definition) is 8. The summed E-state index contributed by atoms with van der Waals surface area (Å²) in [6.07, 6.45) is 0. The van der Waals surface area contributed by atoms with Gasteiger partial charge in [0.1, 0.15) is 34.2 Å². The number of rotatable bonds is 14. The number of aromatic hydroxyl groups is 6. The van der Waals surface area contributed by atoms with Gasteiger partial charge in [-0.3, -0.25) is 49.6 Å². The zero-order valence-electron chi connectivity index (χ0n) is 39.2. The van der Waals surface area contributed by atoms with Crippen molar-refractivity contribution in [3.05, 3.63) is 137 Å². The minimum atomic E-state index is -4.44. The van der Waals surface area contributed by atoms with E-state index in [9.17, 15) is 87.9 Å². The Kier molecular flexibility index (Phi) is 22.1. The van der Waals surface area contributed by atoms with Gasteiger partial charge < -0.3 is 30.6 Å². The normalized spacial score (nSPS) is 11.4. The van der Waals surface area contributed by atoms with Crippen molar-refractivity contribution in [3.63, 3.8) is 0 Å². The van der Waals surface area contributed by atoms with Crippen molar-refractivity contribution in [1.29, 1.82) is 0 Å². The predicted octanol–water partition coefficient (Wildman–Crippen LogP) is 4.13. The number of phenolic OH excluding ortho intramolecular Hbond substituents is 6. The van der Waals surface area contributed by atoms with Crippen LogP contribution in [0.15, 0.2) is 136 Å². The molecule has 0 aliphatic carbocycles. The van der Waals surface area contributed by atoms with Gasteiger partial charge in [0.05, 0.1) is 53.0 Å². The van der Waals surface area contributed by atoms with Crippen LogP contribution >= 0.6 is 0 Å². The Bertz CT molecular complexity index is 3400. The molecule has 0 saturated heterocycles. The van der Waals surface area contributed by atoms with Crippen molar-refractivity contribution < 1.29 is 154 Å². The maximum atomic E-state index is 11.2. The number of nitro groups is 4. The molecule has 6 aromatic rings. The van der Waals surface area contributed by atoms with Crippen molar-refractivity contribution in [2.75, 3.05) is 0 Å². The Morgan fingerprint density at radius 2 is 0.707 bits per heavy atom. The third-order valence-electron chi connectivity index (χ3n) is 9.12. The molecule has 37 heteroatoms. The fourth-order valence-corrected chi connectivity index (χ4v) is 6.65. The molecule has 0 saturated carbocycles. The molecule has 0 aliphatic rings. The molecule has 0 bridgehead atoms. The van der Waals surface area contributed by atoms with Gasteiger partial charge >= 0.3 is 71.9 Å². The Balaban J connectivity index is 0.000000722. The van der Waals surface area contributed by atoms with Crippen LogP contribution in [0.2, 0.25) is 0 Å². The molecular formula is C38H29CrN12Na2O20S2+3. The number of non-ortho nitro benzene ring substituents is 2. The molecule has 0 unspecified atom stereocenters. The molecule has 0 aliphatic heterocycles. The zero-order chi connectivity index (χ0) is 53.6. The molecule has 75 heavy (non-hydrogen) atoms. The second kappa shape index (κ2) is 26.1. The Labute approximate surface area is 474 Å². The third kappa shape index (κ3) is 15.7. The van der Waals surface area contributed by atoms with Gasteiger partial charge in [-0.15, -0.1) is 30.7 Å². The summed E-state index contributed by atoms with van der Waals surface area (Å²) < 4.78 is 63.1. The van der Waals surface area contributed by atoms with E-state index in [4.69, 9.17) is 9.11 Å². The summed E-state index contributed by atoms with van der Waals surface area (Å²) >= 11 is 0. The largest absolute Gasteiger partial charge is 1.00 e. The van der Waals surface area contributed by atoms with E-state index in [0.717, 1.165) is 60.7 Å². The van der Waals surface area contributed by atoms with Gasteiger partial charge in [0.2, 0.25) is 11.5 Å². The van der Waals surface area contributed by atoms with Crippen LogP contribution in [-0.4, -0.2) is 76.3 Å². The smallest absolute Gasteiger partial charge is 0.505 e. The molecule has 6 rings (SSSR count). The molecule has 0 fully saturated rings. The number of hydrogen-bond acceptors (Lipinski definition) is 26. The van der Waals surface area contributed by atoms with E-state index in [0.29, 0.717) is 12.1 Å². The summed E-state index contributed by atoms with van der Waals surface area (Å²) in [5.74, 6) is -4.61. The SMILES string of the molecule is Cc1cc(S(=O)(=O)O)ccc1N=Nc1c(O)ccc(N=Nc2cc([N+](=O)[O-])cc([N+](=O)[O-])c2O)c1O.Cc1cc(S(=O)(=O)O)ccc1N=Nc1c(O)ccc(N=Nc2cc([N+](=O)[O-])cc([N+](=O)[O-])c2O)c1O.[Cr].[H+].[Na+].[Na+]. The minimum absolute atomic E-state index is 0.